The van der Waals surface area contributed by atoms with E-state index in [0.29, 0.717) is 5.69 Å². The lowest BCUT2D eigenvalue weighted by Crippen LogP contribution is -2.59. The van der Waals surface area contributed by atoms with E-state index in [9.17, 15) is 24.3 Å². The molecular formula is C19H22N4O10S. The van der Waals surface area contributed by atoms with E-state index >= 15 is 0 Å². The van der Waals surface area contributed by atoms with Crippen LogP contribution in [-0.2, 0) is 42.9 Å². The topological polar surface area (TPSA) is 178 Å². The molecule has 1 aliphatic rings. The van der Waals surface area contributed by atoms with Crippen LogP contribution in [-0.4, -0.2) is 80.2 Å². The van der Waals surface area contributed by atoms with Crippen molar-refractivity contribution in [2.75, 3.05) is 6.61 Å². The van der Waals surface area contributed by atoms with Crippen LogP contribution >= 0.6 is 11.3 Å². The van der Waals surface area contributed by atoms with E-state index in [-0.39, 0.29) is 17.5 Å². The number of carbonyl (C=O) groups is 4. The smallest absolute Gasteiger partial charge is 0.305 e. The molecule has 1 aliphatic heterocycles. The van der Waals surface area contributed by atoms with Crippen LogP contribution in [0.3, 0.4) is 0 Å². The van der Waals surface area contributed by atoms with E-state index < -0.39 is 54.5 Å². The van der Waals surface area contributed by atoms with Gasteiger partial charge < -0.3 is 28.8 Å². The maximum atomic E-state index is 11.9. The minimum absolute atomic E-state index is 0.178. The van der Waals surface area contributed by atoms with Gasteiger partial charge in [0.15, 0.2) is 12.2 Å². The summed E-state index contributed by atoms with van der Waals surface area (Å²) in [6.45, 7) is 4.24. The van der Waals surface area contributed by atoms with Crippen molar-refractivity contribution < 1.29 is 48.0 Å². The van der Waals surface area contributed by atoms with Gasteiger partial charge in [0, 0.05) is 33.1 Å². The third-order valence-corrected chi connectivity index (χ3v) is 5.17. The Balaban J connectivity index is 2.08. The molecule has 5 atom stereocenters. The van der Waals surface area contributed by atoms with Crippen LogP contribution < -0.4 is 0 Å². The first-order chi connectivity index (χ1) is 16.0. The highest BCUT2D eigenvalue weighted by molar-refractivity contribution is 7.11. The van der Waals surface area contributed by atoms with Crippen molar-refractivity contribution in [2.24, 2.45) is 0 Å². The number of ether oxygens (including phenoxy) is 5. The Kier molecular flexibility index (Phi) is 7.78. The van der Waals surface area contributed by atoms with Crippen molar-refractivity contribution in [3.63, 3.8) is 0 Å². The van der Waals surface area contributed by atoms with Gasteiger partial charge in [-0.05, 0) is 0 Å². The lowest BCUT2D eigenvalue weighted by atomic mass is 9.95. The van der Waals surface area contributed by atoms with E-state index in [1.807, 2.05) is 0 Å². The van der Waals surface area contributed by atoms with E-state index in [1.54, 1.807) is 5.38 Å². The van der Waals surface area contributed by atoms with Gasteiger partial charge in [0.2, 0.25) is 6.29 Å². The second-order valence-corrected chi connectivity index (χ2v) is 8.03. The van der Waals surface area contributed by atoms with E-state index in [0.717, 1.165) is 32.1 Å². The molecule has 2 aromatic heterocycles. The summed E-state index contributed by atoms with van der Waals surface area (Å²) >= 11 is 0.982. The molecule has 0 spiro atoms. The van der Waals surface area contributed by atoms with Crippen LogP contribution in [0.25, 0.3) is 11.4 Å². The number of hydrogen-bond donors (Lipinski definition) is 1. The number of esters is 4. The second-order valence-electron chi connectivity index (χ2n) is 7.19. The van der Waals surface area contributed by atoms with Crippen LogP contribution in [0.1, 0.15) is 33.7 Å². The van der Waals surface area contributed by atoms with E-state index in [4.69, 9.17) is 23.7 Å². The zero-order valence-corrected chi connectivity index (χ0v) is 19.4. The maximum Gasteiger partial charge on any atom is 0.305 e. The number of carbonyl (C=O) groups excluding carboxylic acids is 4. The molecule has 3 rings (SSSR count). The van der Waals surface area contributed by atoms with Crippen molar-refractivity contribution in [2.45, 2.75) is 58.3 Å². The fraction of sp³-hybridized carbons (Fsp3) is 0.526. The number of thiazole rings is 1. The molecule has 0 amide bonds. The van der Waals surface area contributed by atoms with Gasteiger partial charge in [-0.1, -0.05) is 16.6 Å². The summed E-state index contributed by atoms with van der Waals surface area (Å²) in [6.07, 6.45) is -3.67. The molecule has 1 fully saturated rings. The molecule has 3 heterocycles. The first-order valence-electron chi connectivity index (χ1n) is 9.92. The Hall–Kier alpha value is -3.59. The summed E-state index contributed by atoms with van der Waals surface area (Å²) in [5, 5.41) is 19.0. The predicted octanol–water partition coefficient (Wildman–Crippen LogP) is 0.363. The van der Waals surface area contributed by atoms with Crippen LogP contribution in [0, 0.1) is 0 Å². The molecule has 0 aromatic carbocycles. The highest BCUT2D eigenvalue weighted by Gasteiger charge is 2.53. The van der Waals surface area contributed by atoms with Gasteiger partial charge in [-0.15, -0.1) is 5.10 Å². The largest absolute Gasteiger partial charge is 0.486 e. The molecule has 1 N–H and O–H groups in total. The van der Waals surface area contributed by atoms with E-state index in [2.05, 4.69) is 15.3 Å². The molecule has 0 saturated carbocycles. The fourth-order valence-corrected chi connectivity index (χ4v) is 3.91. The maximum absolute atomic E-state index is 11.9. The van der Waals surface area contributed by atoms with Crippen LogP contribution in [0.2, 0.25) is 0 Å². The molecule has 34 heavy (non-hydrogen) atoms. The number of hydrogen-bond acceptors (Lipinski definition) is 14. The molecule has 0 bridgehead atoms. The zero-order valence-electron chi connectivity index (χ0n) is 18.6. The summed E-state index contributed by atoms with van der Waals surface area (Å²) in [5.41, 5.74) is 0.577. The Bertz CT molecular complexity index is 1070. The Labute approximate surface area is 196 Å². The minimum atomic E-state index is -1.45. The summed E-state index contributed by atoms with van der Waals surface area (Å²) < 4.78 is 28.1. The third kappa shape index (κ3) is 6.05. The summed E-state index contributed by atoms with van der Waals surface area (Å²) in [6, 6.07) is -1.11. The molecule has 184 valence electrons. The molecule has 1 saturated heterocycles. The fourth-order valence-electron chi connectivity index (χ4n) is 3.36. The first-order valence-corrected chi connectivity index (χ1v) is 10.8. The van der Waals surface area contributed by atoms with Crippen molar-refractivity contribution in [1.82, 2.24) is 20.0 Å². The van der Waals surface area contributed by atoms with Gasteiger partial charge in [-0.25, -0.2) is 9.67 Å². The second kappa shape index (κ2) is 10.6. The lowest BCUT2D eigenvalue weighted by Gasteiger charge is -2.44. The summed E-state index contributed by atoms with van der Waals surface area (Å²) in [4.78, 5) is 50.9. The average Bonchev–Trinajstić information content (AvgIpc) is 3.36. The molecule has 14 nitrogen and oxygen atoms in total. The van der Waals surface area contributed by atoms with Crippen molar-refractivity contribution in [1.29, 1.82) is 0 Å². The molecular weight excluding hydrogens is 476 g/mol. The van der Waals surface area contributed by atoms with Crippen molar-refractivity contribution in [3.05, 3.63) is 11.6 Å². The first kappa shape index (κ1) is 25.0. The molecule has 2 aromatic rings. The van der Waals surface area contributed by atoms with Gasteiger partial charge >= 0.3 is 23.9 Å². The Morgan fingerprint density at radius 1 is 1.00 bits per heavy atom. The number of aromatic nitrogens is 4. The molecule has 0 radical (unpaired) electrons. The Morgan fingerprint density at radius 2 is 1.65 bits per heavy atom. The number of aromatic hydroxyl groups is 1. The van der Waals surface area contributed by atoms with Crippen LogP contribution in [0.15, 0.2) is 11.6 Å². The molecule has 2 unspecified atom stereocenters. The average molecular weight is 498 g/mol. The van der Waals surface area contributed by atoms with Crippen LogP contribution in [0.4, 0.5) is 0 Å². The van der Waals surface area contributed by atoms with Gasteiger partial charge in [0.05, 0.1) is 6.20 Å². The van der Waals surface area contributed by atoms with Gasteiger partial charge in [0.25, 0.3) is 5.19 Å². The minimum Gasteiger partial charge on any atom is -0.486 e. The SMILES string of the molecule is CC(=O)OCC1O[C@@H](OC(C)=O)[C@@H](OC(C)=O)C(n2cc(-c3csc(O)n3)nn2)[C@H]1OC(C)=O. The quantitative estimate of drug-likeness (QED) is 0.409. The molecule has 15 heteroatoms. The zero-order chi connectivity index (χ0) is 25.0. The Morgan fingerprint density at radius 3 is 2.21 bits per heavy atom. The lowest BCUT2D eigenvalue weighted by molar-refractivity contribution is -0.285. The molecule has 0 aliphatic carbocycles. The number of rotatable bonds is 7. The number of nitrogens with zero attached hydrogens (tertiary/aromatic N) is 4. The summed E-state index contributed by atoms with van der Waals surface area (Å²) in [5.74, 6) is -2.81. The highest BCUT2D eigenvalue weighted by Crippen LogP contribution is 2.36. The van der Waals surface area contributed by atoms with Crippen LogP contribution in [0.5, 0.6) is 5.19 Å². The van der Waals surface area contributed by atoms with Gasteiger partial charge in [0.1, 0.15) is 30.1 Å². The monoisotopic (exact) mass is 498 g/mol. The standard InChI is InChI=1S/C19H22N4O10S/c1-8(24)29-6-14-16(30-9(2)25)15(17(31-10(3)26)18(33-14)32-11(4)27)23-5-12(21-22-23)13-7-34-19(28)20-13/h5,7,14-18H,6H2,1-4H3,(H,20,28)/t14?,15?,16-,17-,18+/m0/s1. The predicted molar refractivity (Wildman–Crippen MR) is 110 cm³/mol. The summed E-state index contributed by atoms with van der Waals surface area (Å²) in [7, 11) is 0. The van der Waals surface area contributed by atoms with E-state index in [1.165, 1.54) is 17.8 Å². The normalized spacial score (nSPS) is 24.2. The van der Waals surface area contributed by atoms with Gasteiger partial charge in [-0.3, -0.25) is 19.2 Å². The van der Waals surface area contributed by atoms with Crippen molar-refractivity contribution in [3.8, 4) is 16.6 Å². The third-order valence-electron chi connectivity index (χ3n) is 4.52. The van der Waals surface area contributed by atoms with Crippen molar-refractivity contribution >= 4 is 35.2 Å². The van der Waals surface area contributed by atoms with Gasteiger partial charge in [-0.2, -0.15) is 0 Å². The highest BCUT2D eigenvalue weighted by atomic mass is 32.1.